The quantitative estimate of drug-likeness (QED) is 0.693. The zero-order chi connectivity index (χ0) is 20.1. The van der Waals surface area contributed by atoms with E-state index in [1.807, 2.05) is 48.5 Å². The number of amides is 1. The summed E-state index contributed by atoms with van der Waals surface area (Å²) in [5.41, 5.74) is 2.82. The fourth-order valence-electron chi connectivity index (χ4n) is 3.49. The van der Waals surface area contributed by atoms with Crippen LogP contribution in [-0.2, 0) is 9.53 Å². The van der Waals surface area contributed by atoms with Gasteiger partial charge in [-0.25, -0.2) is 0 Å². The van der Waals surface area contributed by atoms with Gasteiger partial charge >= 0.3 is 0 Å². The van der Waals surface area contributed by atoms with Crippen LogP contribution in [0.2, 0.25) is 0 Å². The van der Waals surface area contributed by atoms with Gasteiger partial charge in [-0.05, 0) is 23.8 Å². The highest BCUT2D eigenvalue weighted by molar-refractivity contribution is 5.92. The van der Waals surface area contributed by atoms with E-state index in [4.69, 9.17) is 9.15 Å². The second kappa shape index (κ2) is 8.87. The van der Waals surface area contributed by atoms with Crippen LogP contribution >= 0.6 is 0 Å². The van der Waals surface area contributed by atoms with Crippen molar-refractivity contribution < 1.29 is 13.9 Å². The van der Waals surface area contributed by atoms with Crippen LogP contribution in [0.5, 0.6) is 0 Å². The molecule has 0 saturated carbocycles. The molecule has 7 nitrogen and oxygen atoms in total. The van der Waals surface area contributed by atoms with Gasteiger partial charge in [0.05, 0.1) is 19.1 Å². The maximum Gasteiger partial charge on any atom is 0.225 e. The van der Waals surface area contributed by atoms with E-state index < -0.39 is 0 Å². The number of morpholine rings is 1. The summed E-state index contributed by atoms with van der Waals surface area (Å²) in [6.45, 7) is 4.89. The minimum Gasteiger partial charge on any atom is -0.425 e. The number of anilines is 2. The van der Waals surface area contributed by atoms with Crippen molar-refractivity contribution in [1.29, 1.82) is 0 Å². The first-order valence-electron chi connectivity index (χ1n) is 9.76. The second-order valence-corrected chi connectivity index (χ2v) is 7.02. The Kier molecular flexibility index (Phi) is 5.86. The molecule has 1 unspecified atom stereocenters. The van der Waals surface area contributed by atoms with Crippen molar-refractivity contribution in [2.45, 2.75) is 19.3 Å². The summed E-state index contributed by atoms with van der Waals surface area (Å²) in [6, 6.07) is 17.7. The molecule has 1 saturated heterocycles. The molecule has 1 aliphatic rings. The number of carbonyl (C=O) groups excluding carboxylic acids is 1. The van der Waals surface area contributed by atoms with Crippen molar-refractivity contribution in [3.05, 3.63) is 71.9 Å². The van der Waals surface area contributed by atoms with Gasteiger partial charge in [0, 0.05) is 37.8 Å². The molecule has 1 atom stereocenters. The van der Waals surface area contributed by atoms with Crippen LogP contribution in [0.3, 0.4) is 0 Å². The maximum atomic E-state index is 12.8. The van der Waals surface area contributed by atoms with Gasteiger partial charge in [-0.2, -0.15) is 0 Å². The Labute approximate surface area is 169 Å². The Morgan fingerprint density at radius 2 is 1.90 bits per heavy atom. The molecule has 3 aromatic rings. The summed E-state index contributed by atoms with van der Waals surface area (Å²) in [7, 11) is 0. The lowest BCUT2D eigenvalue weighted by atomic mass is 9.95. The molecule has 150 valence electrons. The van der Waals surface area contributed by atoms with Gasteiger partial charge in [-0.1, -0.05) is 36.4 Å². The average Bonchev–Trinajstić information content (AvgIpc) is 3.19. The lowest BCUT2D eigenvalue weighted by Gasteiger charge is -2.29. The van der Waals surface area contributed by atoms with Crippen molar-refractivity contribution in [1.82, 2.24) is 10.2 Å². The molecule has 1 aliphatic heterocycles. The van der Waals surface area contributed by atoms with Gasteiger partial charge in [0.25, 0.3) is 0 Å². The number of hydrogen-bond donors (Lipinski definition) is 1. The Hall–Kier alpha value is -3.19. The molecule has 0 aliphatic carbocycles. The molecule has 1 amide bonds. The van der Waals surface area contributed by atoms with Crippen molar-refractivity contribution in [2.24, 2.45) is 0 Å². The average molecular weight is 392 g/mol. The van der Waals surface area contributed by atoms with Crippen LogP contribution in [0.25, 0.3) is 0 Å². The summed E-state index contributed by atoms with van der Waals surface area (Å²) in [5.74, 6) is 0.541. The normalized spacial score (nSPS) is 15.1. The number of carbonyl (C=O) groups is 1. The maximum absolute atomic E-state index is 12.8. The predicted octanol–water partition coefficient (Wildman–Crippen LogP) is 3.38. The highest BCUT2D eigenvalue weighted by Gasteiger charge is 2.23. The third-order valence-electron chi connectivity index (χ3n) is 4.94. The van der Waals surface area contributed by atoms with Gasteiger partial charge in [0.2, 0.25) is 17.7 Å². The van der Waals surface area contributed by atoms with Crippen molar-refractivity contribution in [3.63, 3.8) is 0 Å². The molecule has 7 heteroatoms. The molecule has 4 rings (SSSR count). The number of aryl methyl sites for hydroxylation is 1. The minimum absolute atomic E-state index is 0.103. The van der Waals surface area contributed by atoms with Crippen molar-refractivity contribution in [3.8, 4) is 0 Å². The molecule has 29 heavy (non-hydrogen) atoms. The van der Waals surface area contributed by atoms with E-state index >= 15 is 0 Å². The topological polar surface area (TPSA) is 80.5 Å². The number of nitrogens with one attached hydrogen (secondary N) is 1. The lowest BCUT2D eigenvalue weighted by Crippen LogP contribution is -2.36. The van der Waals surface area contributed by atoms with Gasteiger partial charge in [-0.15, -0.1) is 10.2 Å². The number of nitrogens with zero attached hydrogens (tertiary/aromatic N) is 3. The van der Waals surface area contributed by atoms with Gasteiger partial charge in [0.1, 0.15) is 0 Å². The molecule has 0 radical (unpaired) electrons. The predicted molar refractivity (Wildman–Crippen MR) is 110 cm³/mol. The number of hydrogen-bond acceptors (Lipinski definition) is 6. The largest absolute Gasteiger partial charge is 0.425 e. The fourth-order valence-corrected chi connectivity index (χ4v) is 3.49. The summed E-state index contributed by atoms with van der Waals surface area (Å²) < 4.78 is 11.0. The Morgan fingerprint density at radius 3 is 2.62 bits per heavy atom. The van der Waals surface area contributed by atoms with Crippen LogP contribution in [0, 0.1) is 6.92 Å². The van der Waals surface area contributed by atoms with Crippen LogP contribution in [0.15, 0.2) is 59.0 Å². The van der Waals surface area contributed by atoms with E-state index in [2.05, 4.69) is 26.5 Å². The summed E-state index contributed by atoms with van der Waals surface area (Å²) >= 11 is 0. The molecule has 2 heterocycles. The van der Waals surface area contributed by atoms with E-state index in [1.165, 1.54) is 0 Å². The molecule has 1 aromatic heterocycles. The number of rotatable bonds is 6. The molecule has 1 N–H and O–H groups in total. The van der Waals surface area contributed by atoms with Gasteiger partial charge in [0.15, 0.2) is 0 Å². The highest BCUT2D eigenvalue weighted by Crippen LogP contribution is 2.28. The zero-order valence-electron chi connectivity index (χ0n) is 16.4. The van der Waals surface area contributed by atoms with E-state index in [1.54, 1.807) is 6.92 Å². The van der Waals surface area contributed by atoms with Crippen LogP contribution in [-0.4, -0.2) is 42.4 Å². The highest BCUT2D eigenvalue weighted by atomic mass is 16.5. The molecule has 2 aromatic carbocycles. The first kappa shape index (κ1) is 19.1. The van der Waals surface area contributed by atoms with Crippen molar-refractivity contribution >= 4 is 17.3 Å². The van der Waals surface area contributed by atoms with Crippen molar-refractivity contribution in [2.75, 3.05) is 36.5 Å². The Morgan fingerprint density at radius 1 is 1.10 bits per heavy atom. The molecule has 0 bridgehead atoms. The Bertz CT molecular complexity index is 951. The lowest BCUT2D eigenvalue weighted by molar-refractivity contribution is -0.116. The van der Waals surface area contributed by atoms with E-state index in [-0.39, 0.29) is 18.2 Å². The molecule has 1 fully saturated rings. The van der Waals surface area contributed by atoms with Gasteiger partial charge in [-0.3, -0.25) is 4.79 Å². The number of aromatic nitrogens is 2. The zero-order valence-corrected chi connectivity index (χ0v) is 16.4. The molecular weight excluding hydrogens is 368 g/mol. The Balaban J connectivity index is 1.48. The van der Waals surface area contributed by atoms with Crippen LogP contribution in [0.4, 0.5) is 11.4 Å². The number of ether oxygens (including phenoxy) is 1. The number of benzene rings is 2. The van der Waals surface area contributed by atoms with Crippen LogP contribution < -0.4 is 10.2 Å². The second-order valence-electron chi connectivity index (χ2n) is 7.02. The SMILES string of the molecule is Cc1nnc(C(CC(=O)Nc2cccc(N3CCOCC3)c2)c2ccccc2)o1. The minimum atomic E-state index is -0.292. The fraction of sp³-hybridized carbons (Fsp3) is 0.318. The third-order valence-corrected chi connectivity index (χ3v) is 4.94. The van der Waals surface area contributed by atoms with E-state index in [0.717, 1.165) is 43.2 Å². The first-order valence-corrected chi connectivity index (χ1v) is 9.76. The standard InChI is InChI=1S/C22H24N4O3/c1-16-24-25-22(29-16)20(17-6-3-2-4-7-17)15-21(27)23-18-8-5-9-19(14-18)26-10-12-28-13-11-26/h2-9,14,20H,10-13,15H2,1H3,(H,23,27). The summed E-state index contributed by atoms with van der Waals surface area (Å²) in [4.78, 5) is 15.1. The summed E-state index contributed by atoms with van der Waals surface area (Å²) in [5, 5.41) is 11.1. The summed E-state index contributed by atoms with van der Waals surface area (Å²) in [6.07, 6.45) is 0.216. The monoisotopic (exact) mass is 392 g/mol. The molecule has 0 spiro atoms. The van der Waals surface area contributed by atoms with E-state index in [9.17, 15) is 4.79 Å². The first-order chi connectivity index (χ1) is 14.2. The smallest absolute Gasteiger partial charge is 0.225 e. The van der Waals surface area contributed by atoms with E-state index in [0.29, 0.717) is 11.8 Å². The third kappa shape index (κ3) is 4.81. The van der Waals surface area contributed by atoms with Crippen LogP contribution in [0.1, 0.15) is 29.7 Å². The van der Waals surface area contributed by atoms with Gasteiger partial charge < -0.3 is 19.4 Å². The molecular formula is C22H24N4O3.